The molecule has 5 heteroatoms. The van der Waals surface area contributed by atoms with Gasteiger partial charge in [-0.25, -0.2) is 0 Å². The van der Waals surface area contributed by atoms with Gasteiger partial charge in [0.05, 0.1) is 0 Å². The van der Waals surface area contributed by atoms with E-state index in [1.54, 1.807) is 6.92 Å². The second-order valence-corrected chi connectivity index (χ2v) is 2.51. The molecule has 0 aromatic carbocycles. The van der Waals surface area contributed by atoms with Crippen molar-refractivity contribution in [2.45, 2.75) is 33.1 Å². The Morgan fingerprint density at radius 1 is 1.46 bits per heavy atom. The first kappa shape index (κ1) is 14.9. The van der Waals surface area contributed by atoms with Crippen LogP contribution in [0.25, 0.3) is 0 Å². The molecule has 0 spiro atoms. The average Bonchev–Trinajstić information content (AvgIpc) is 2.06. The van der Waals surface area contributed by atoms with E-state index in [2.05, 4.69) is 22.1 Å². The molecule has 0 aliphatic rings. The Morgan fingerprint density at radius 3 is 2.46 bits per heavy atom. The summed E-state index contributed by atoms with van der Waals surface area (Å²) in [4.78, 5) is 4.56. The molecule has 0 aromatic heterocycles. The maximum Gasteiger partial charge on any atom is 0.106 e. The van der Waals surface area contributed by atoms with Crippen molar-refractivity contribution >= 4 is 11.4 Å². The molecule has 0 atom stereocenters. The maximum atomic E-state index is 8.60. The van der Waals surface area contributed by atoms with Crippen LogP contribution in [0.5, 0.6) is 0 Å². The normalized spacial score (nSPS) is 12.2. The molecule has 1 radical (unpaired) electrons. The maximum absolute atomic E-state index is 8.60. The molecule has 0 amide bonds. The molecular formula is C8H16CoN2O2. The molecule has 79 valence electrons. The van der Waals surface area contributed by atoms with Crippen molar-refractivity contribution in [1.29, 1.82) is 0 Å². The van der Waals surface area contributed by atoms with Gasteiger partial charge in [0, 0.05) is 16.8 Å². The number of hydrogen-bond acceptors (Lipinski definition) is 4. The van der Waals surface area contributed by atoms with Gasteiger partial charge in [-0.05, 0) is 19.8 Å². The van der Waals surface area contributed by atoms with E-state index in [-0.39, 0.29) is 16.8 Å². The van der Waals surface area contributed by atoms with Gasteiger partial charge in [-0.3, -0.25) is 0 Å². The third-order valence-corrected chi connectivity index (χ3v) is 1.53. The number of unbranched alkanes of at least 4 members (excludes halogenated alkanes) is 1. The zero-order valence-corrected chi connectivity index (χ0v) is 9.25. The van der Waals surface area contributed by atoms with Gasteiger partial charge in [0.25, 0.3) is 0 Å². The number of hydrogen-bond donors (Lipinski definition) is 1. The Hall–Kier alpha value is -0.554. The van der Waals surface area contributed by atoms with Gasteiger partial charge in [0.1, 0.15) is 18.5 Å². The molecule has 0 bridgehead atoms. The minimum atomic E-state index is 0. The van der Waals surface area contributed by atoms with E-state index < -0.39 is 0 Å². The molecule has 1 N–H and O–H groups in total. The van der Waals surface area contributed by atoms with E-state index in [4.69, 9.17) is 5.21 Å². The van der Waals surface area contributed by atoms with Gasteiger partial charge in [0.2, 0.25) is 0 Å². The first-order chi connectivity index (χ1) is 5.76. The van der Waals surface area contributed by atoms with E-state index in [0.29, 0.717) is 11.4 Å². The number of rotatable bonds is 5. The van der Waals surface area contributed by atoms with Crippen molar-refractivity contribution in [2.24, 2.45) is 10.3 Å². The summed E-state index contributed by atoms with van der Waals surface area (Å²) < 4.78 is 0. The van der Waals surface area contributed by atoms with Gasteiger partial charge in [-0.1, -0.05) is 23.7 Å². The zero-order chi connectivity index (χ0) is 9.40. The summed E-state index contributed by atoms with van der Waals surface area (Å²) in [5, 5.41) is 15.4. The van der Waals surface area contributed by atoms with Crippen molar-refractivity contribution in [1.82, 2.24) is 0 Å². The van der Waals surface area contributed by atoms with Crippen LogP contribution in [-0.2, 0) is 21.6 Å². The second kappa shape index (κ2) is 9.53. The summed E-state index contributed by atoms with van der Waals surface area (Å²) in [7, 11) is 1.47. The van der Waals surface area contributed by atoms with Crippen molar-refractivity contribution in [3.8, 4) is 0 Å². The van der Waals surface area contributed by atoms with Crippen LogP contribution in [0, 0.1) is 0 Å². The fourth-order valence-electron chi connectivity index (χ4n) is 0.837. The largest absolute Gasteiger partial charge is 0.411 e. The van der Waals surface area contributed by atoms with Gasteiger partial charge >= 0.3 is 0 Å². The van der Waals surface area contributed by atoms with Gasteiger partial charge in [-0.2, -0.15) is 0 Å². The number of nitrogens with zero attached hydrogens (tertiary/aromatic N) is 2. The van der Waals surface area contributed by atoms with Gasteiger partial charge in [-0.15, -0.1) is 0 Å². The van der Waals surface area contributed by atoms with Gasteiger partial charge < -0.3 is 10.0 Å². The fourth-order valence-corrected chi connectivity index (χ4v) is 0.837. The summed E-state index contributed by atoms with van der Waals surface area (Å²) in [5.74, 6) is 0. The molecule has 0 unspecified atom stereocenters. The summed E-state index contributed by atoms with van der Waals surface area (Å²) in [6.07, 6.45) is 2.81. The van der Waals surface area contributed by atoms with Crippen LogP contribution in [0.15, 0.2) is 10.3 Å². The van der Waals surface area contributed by atoms with Crippen LogP contribution >= 0.6 is 0 Å². The summed E-state index contributed by atoms with van der Waals surface area (Å²) in [5.41, 5.74) is 1.23. The molecule has 0 saturated heterocycles. The van der Waals surface area contributed by atoms with Crippen molar-refractivity contribution in [3.63, 3.8) is 0 Å². The molecule has 0 aromatic rings. The van der Waals surface area contributed by atoms with E-state index in [1.165, 1.54) is 7.11 Å². The first-order valence-electron chi connectivity index (χ1n) is 4.05. The molecule has 0 aliphatic carbocycles. The Labute approximate surface area is 89.2 Å². The Bertz CT molecular complexity index is 181. The third kappa shape index (κ3) is 6.59. The number of oxime groups is 2. The van der Waals surface area contributed by atoms with Crippen LogP contribution in [0.2, 0.25) is 0 Å². The topological polar surface area (TPSA) is 54.2 Å². The fraction of sp³-hybridized carbons (Fsp3) is 0.750. The standard InChI is InChI=1S/C8H16N2O2.Co/c1-4-5-6-8(9-11)7(2)10-12-3;/h11H,4-6H2,1-3H3;. The molecule has 0 saturated carbocycles. The van der Waals surface area contributed by atoms with E-state index in [9.17, 15) is 0 Å². The Morgan fingerprint density at radius 2 is 2.08 bits per heavy atom. The predicted octanol–water partition coefficient (Wildman–Crippen LogP) is 2.03. The molecule has 0 aliphatic heterocycles. The van der Waals surface area contributed by atoms with E-state index in [1.807, 2.05) is 0 Å². The smallest absolute Gasteiger partial charge is 0.106 e. The van der Waals surface area contributed by atoms with Crippen molar-refractivity contribution in [3.05, 3.63) is 0 Å². The molecule has 4 nitrogen and oxygen atoms in total. The summed E-state index contributed by atoms with van der Waals surface area (Å²) >= 11 is 0. The summed E-state index contributed by atoms with van der Waals surface area (Å²) in [6, 6.07) is 0. The van der Waals surface area contributed by atoms with Crippen molar-refractivity contribution in [2.75, 3.05) is 7.11 Å². The van der Waals surface area contributed by atoms with Gasteiger partial charge in [0.15, 0.2) is 0 Å². The Balaban J connectivity index is 0. The van der Waals surface area contributed by atoms with Crippen LogP contribution in [0.1, 0.15) is 33.1 Å². The molecule has 0 heterocycles. The molecule has 13 heavy (non-hydrogen) atoms. The quantitative estimate of drug-likeness (QED) is 0.447. The minimum absolute atomic E-state index is 0. The SMILES string of the molecule is CCCCC(=NO)C(C)=NOC.[Co]. The molecule has 0 fully saturated rings. The molecule has 0 rings (SSSR count). The van der Waals surface area contributed by atoms with E-state index in [0.717, 1.165) is 19.3 Å². The Kier molecular flexibility index (Phi) is 11.0. The monoisotopic (exact) mass is 231 g/mol. The minimum Gasteiger partial charge on any atom is -0.411 e. The zero-order valence-electron chi connectivity index (χ0n) is 8.20. The van der Waals surface area contributed by atoms with E-state index >= 15 is 0 Å². The van der Waals surface area contributed by atoms with Crippen molar-refractivity contribution < 1.29 is 26.8 Å². The van der Waals surface area contributed by atoms with Crippen LogP contribution in [0.3, 0.4) is 0 Å². The first-order valence-corrected chi connectivity index (χ1v) is 4.05. The summed E-state index contributed by atoms with van der Waals surface area (Å²) in [6.45, 7) is 3.84. The van der Waals surface area contributed by atoms with Crippen LogP contribution in [0.4, 0.5) is 0 Å². The van der Waals surface area contributed by atoms with Crippen LogP contribution < -0.4 is 0 Å². The molecular weight excluding hydrogens is 215 g/mol. The average molecular weight is 231 g/mol. The third-order valence-electron chi connectivity index (χ3n) is 1.53. The predicted molar refractivity (Wildman–Crippen MR) is 48.9 cm³/mol. The van der Waals surface area contributed by atoms with Crippen LogP contribution in [-0.4, -0.2) is 23.7 Å². The second-order valence-electron chi connectivity index (χ2n) is 2.51.